The molecule has 0 aromatic heterocycles. The largest absolute Gasteiger partial charge is 0.343 e. The van der Waals surface area contributed by atoms with Crippen molar-refractivity contribution in [2.45, 2.75) is 4.90 Å². The van der Waals surface area contributed by atoms with Crippen molar-refractivity contribution >= 4 is 44.8 Å². The maximum atomic E-state index is 12.6. The number of halogens is 1. The van der Waals surface area contributed by atoms with Gasteiger partial charge in [0.25, 0.3) is 15.9 Å². The number of carbonyl (C=O) groups excluding carboxylic acids is 2. The Labute approximate surface area is 179 Å². The molecule has 0 atom stereocenters. The smallest absolute Gasteiger partial charge is 0.261 e. The number of carbonyl (C=O) groups is 2. The molecule has 0 spiro atoms. The second-order valence-electron chi connectivity index (χ2n) is 6.24. The number of hydrogen-bond acceptors (Lipinski definition) is 4. The van der Waals surface area contributed by atoms with E-state index in [9.17, 15) is 18.0 Å². The summed E-state index contributed by atoms with van der Waals surface area (Å²) in [5, 5.41) is 5.50. The van der Waals surface area contributed by atoms with Gasteiger partial charge in [0.1, 0.15) is 0 Å². The Morgan fingerprint density at radius 2 is 1.53 bits per heavy atom. The Morgan fingerprint density at radius 3 is 2.27 bits per heavy atom. The zero-order chi connectivity index (χ0) is 21.6. The molecule has 0 heterocycles. The van der Waals surface area contributed by atoms with E-state index in [0.29, 0.717) is 16.4 Å². The first kappa shape index (κ1) is 21.4. The Balaban J connectivity index is 1.65. The van der Waals surface area contributed by atoms with Crippen LogP contribution in [0.2, 0.25) is 5.02 Å². The van der Waals surface area contributed by atoms with Gasteiger partial charge in [0.05, 0.1) is 17.1 Å². The predicted octanol–water partition coefficient (Wildman–Crippen LogP) is 3.51. The van der Waals surface area contributed by atoms with Crippen molar-refractivity contribution in [2.24, 2.45) is 0 Å². The predicted molar refractivity (Wildman–Crippen MR) is 116 cm³/mol. The summed E-state index contributed by atoms with van der Waals surface area (Å²) in [4.78, 5) is 24.2. The van der Waals surface area contributed by atoms with Crippen LogP contribution in [0.25, 0.3) is 0 Å². The average molecular weight is 444 g/mol. The minimum Gasteiger partial charge on any atom is -0.343 e. The van der Waals surface area contributed by atoms with Gasteiger partial charge in [-0.3, -0.25) is 14.3 Å². The van der Waals surface area contributed by atoms with E-state index in [0.717, 1.165) is 0 Å². The van der Waals surface area contributed by atoms with Crippen molar-refractivity contribution in [2.75, 3.05) is 16.6 Å². The molecule has 3 N–H and O–H groups in total. The molecular formula is C21H18ClN3O4S. The summed E-state index contributed by atoms with van der Waals surface area (Å²) in [6.07, 6.45) is 0. The second-order valence-corrected chi connectivity index (χ2v) is 8.36. The van der Waals surface area contributed by atoms with Crippen molar-refractivity contribution in [3.8, 4) is 0 Å². The van der Waals surface area contributed by atoms with Crippen LogP contribution in [-0.4, -0.2) is 26.8 Å². The lowest BCUT2D eigenvalue weighted by molar-refractivity contribution is -0.115. The number of benzene rings is 3. The van der Waals surface area contributed by atoms with Gasteiger partial charge in [-0.25, -0.2) is 8.42 Å². The molecule has 3 rings (SSSR count). The normalized spacial score (nSPS) is 10.8. The lowest BCUT2D eigenvalue weighted by atomic mass is 10.2. The summed E-state index contributed by atoms with van der Waals surface area (Å²) in [5.74, 6) is -0.973. The van der Waals surface area contributed by atoms with Crippen LogP contribution in [-0.2, 0) is 14.8 Å². The lowest BCUT2D eigenvalue weighted by Crippen LogP contribution is -2.33. The van der Waals surface area contributed by atoms with Crippen LogP contribution >= 0.6 is 11.6 Å². The molecule has 30 heavy (non-hydrogen) atoms. The van der Waals surface area contributed by atoms with Gasteiger partial charge >= 0.3 is 0 Å². The average Bonchev–Trinajstić information content (AvgIpc) is 2.72. The van der Waals surface area contributed by atoms with Crippen LogP contribution < -0.4 is 15.4 Å². The van der Waals surface area contributed by atoms with Crippen LogP contribution in [0.15, 0.2) is 83.8 Å². The maximum absolute atomic E-state index is 12.6. The van der Waals surface area contributed by atoms with E-state index in [1.54, 1.807) is 42.5 Å². The summed E-state index contributed by atoms with van der Waals surface area (Å²) < 4.78 is 27.6. The van der Waals surface area contributed by atoms with Crippen molar-refractivity contribution in [3.63, 3.8) is 0 Å². The summed E-state index contributed by atoms with van der Waals surface area (Å²) >= 11 is 5.88. The van der Waals surface area contributed by atoms with Crippen LogP contribution in [0.3, 0.4) is 0 Å². The highest BCUT2D eigenvalue weighted by Gasteiger charge is 2.17. The first-order chi connectivity index (χ1) is 14.3. The Bertz CT molecular complexity index is 1170. The molecule has 3 aromatic rings. The molecule has 7 nitrogen and oxygen atoms in total. The first-order valence-electron chi connectivity index (χ1n) is 8.85. The zero-order valence-corrected chi connectivity index (χ0v) is 17.2. The van der Waals surface area contributed by atoms with E-state index < -0.39 is 21.8 Å². The first-order valence-corrected chi connectivity index (χ1v) is 10.7. The fourth-order valence-corrected chi connectivity index (χ4v) is 3.85. The van der Waals surface area contributed by atoms with E-state index in [-0.39, 0.29) is 17.0 Å². The van der Waals surface area contributed by atoms with Gasteiger partial charge < -0.3 is 10.6 Å². The van der Waals surface area contributed by atoms with Gasteiger partial charge in [0.2, 0.25) is 5.91 Å². The lowest BCUT2D eigenvalue weighted by Gasteiger charge is -2.10. The number of nitrogens with one attached hydrogen (secondary N) is 3. The van der Waals surface area contributed by atoms with E-state index in [1.807, 2.05) is 6.07 Å². The molecule has 0 bridgehead atoms. The molecule has 0 saturated heterocycles. The standard InChI is InChI=1S/C21H18ClN3O4S/c22-16-7-5-10-18(13-16)25-30(28,29)19-11-4-6-15(12-19)21(27)23-14-20(26)24-17-8-2-1-3-9-17/h1-13,25H,14H2,(H,23,27)(H,24,26). The fourth-order valence-electron chi connectivity index (χ4n) is 2.56. The van der Waals surface area contributed by atoms with Crippen molar-refractivity contribution < 1.29 is 18.0 Å². The second kappa shape index (κ2) is 9.43. The van der Waals surface area contributed by atoms with Gasteiger partial charge in [-0.05, 0) is 48.5 Å². The molecule has 3 aromatic carbocycles. The van der Waals surface area contributed by atoms with Gasteiger partial charge in [0.15, 0.2) is 0 Å². The quantitative estimate of drug-likeness (QED) is 0.519. The molecular weight excluding hydrogens is 426 g/mol. The van der Waals surface area contributed by atoms with Crippen LogP contribution in [0, 0.1) is 0 Å². The third-order valence-corrected chi connectivity index (χ3v) is 5.56. The monoisotopic (exact) mass is 443 g/mol. The van der Waals surface area contributed by atoms with E-state index in [4.69, 9.17) is 11.6 Å². The summed E-state index contributed by atoms with van der Waals surface area (Å²) in [7, 11) is -3.93. The molecule has 0 aliphatic heterocycles. The molecule has 9 heteroatoms. The Hall–Kier alpha value is -3.36. The highest BCUT2D eigenvalue weighted by molar-refractivity contribution is 7.92. The molecule has 0 aliphatic rings. The van der Waals surface area contributed by atoms with E-state index >= 15 is 0 Å². The van der Waals surface area contributed by atoms with E-state index in [1.165, 1.54) is 30.3 Å². The van der Waals surface area contributed by atoms with Gasteiger partial charge in [0, 0.05) is 16.3 Å². The van der Waals surface area contributed by atoms with E-state index in [2.05, 4.69) is 15.4 Å². The topological polar surface area (TPSA) is 104 Å². The minimum atomic E-state index is -3.93. The van der Waals surface area contributed by atoms with Crippen molar-refractivity contribution in [1.29, 1.82) is 0 Å². The summed E-state index contributed by atoms with van der Waals surface area (Å²) in [6.45, 7) is -0.258. The number of hydrogen-bond donors (Lipinski definition) is 3. The zero-order valence-electron chi connectivity index (χ0n) is 15.6. The number of rotatable bonds is 7. The van der Waals surface area contributed by atoms with Crippen LogP contribution in [0.1, 0.15) is 10.4 Å². The third kappa shape index (κ3) is 5.82. The Morgan fingerprint density at radius 1 is 0.833 bits per heavy atom. The molecule has 0 saturated carbocycles. The molecule has 0 radical (unpaired) electrons. The molecule has 2 amide bonds. The van der Waals surface area contributed by atoms with Gasteiger partial charge in [-0.2, -0.15) is 0 Å². The van der Waals surface area contributed by atoms with Crippen molar-refractivity contribution in [3.05, 3.63) is 89.4 Å². The molecule has 0 fully saturated rings. The van der Waals surface area contributed by atoms with Crippen LogP contribution in [0.5, 0.6) is 0 Å². The molecule has 154 valence electrons. The molecule has 0 unspecified atom stereocenters. The van der Waals surface area contributed by atoms with Crippen molar-refractivity contribution in [1.82, 2.24) is 5.32 Å². The maximum Gasteiger partial charge on any atom is 0.261 e. The van der Waals surface area contributed by atoms with Gasteiger partial charge in [-0.1, -0.05) is 41.9 Å². The number of amides is 2. The fraction of sp³-hybridized carbons (Fsp3) is 0.0476. The number of anilines is 2. The highest BCUT2D eigenvalue weighted by atomic mass is 35.5. The third-order valence-electron chi connectivity index (χ3n) is 3.95. The SMILES string of the molecule is O=C(CNC(=O)c1cccc(S(=O)(=O)Nc2cccc(Cl)c2)c1)Nc1ccccc1. The number of sulfonamides is 1. The molecule has 0 aliphatic carbocycles. The summed E-state index contributed by atoms with van der Waals surface area (Å²) in [6, 6.07) is 20.6. The van der Waals surface area contributed by atoms with Gasteiger partial charge in [-0.15, -0.1) is 0 Å². The van der Waals surface area contributed by atoms with Crippen LogP contribution in [0.4, 0.5) is 11.4 Å². The Kier molecular flexibility index (Phi) is 6.71. The minimum absolute atomic E-state index is 0.0936. The summed E-state index contributed by atoms with van der Waals surface area (Å²) in [5.41, 5.74) is 1.02. The number of para-hydroxylation sites is 1. The highest BCUT2D eigenvalue weighted by Crippen LogP contribution is 2.20.